The highest BCUT2D eigenvalue weighted by Gasteiger charge is 2.31. The van der Waals surface area contributed by atoms with Crippen molar-refractivity contribution in [2.75, 3.05) is 41.0 Å². The van der Waals surface area contributed by atoms with Crippen molar-refractivity contribution in [2.24, 2.45) is 0 Å². The van der Waals surface area contributed by atoms with Gasteiger partial charge >= 0.3 is 17.9 Å². The Morgan fingerprint density at radius 2 is 0.918 bits per heavy atom. The number of carboxylic acid groups (broad SMARTS) is 1. The van der Waals surface area contributed by atoms with E-state index in [1.54, 1.807) is 0 Å². The van der Waals surface area contributed by atoms with E-state index in [9.17, 15) is 19.5 Å². The van der Waals surface area contributed by atoms with E-state index in [0.29, 0.717) is 19.3 Å². The van der Waals surface area contributed by atoms with Crippen LogP contribution in [-0.2, 0) is 28.6 Å². The summed E-state index contributed by atoms with van der Waals surface area (Å²) in [5.74, 6) is -1.48. The average Bonchev–Trinajstić information content (AvgIpc) is 3.22. The van der Waals surface area contributed by atoms with E-state index in [2.05, 4.69) is 50.3 Å². The lowest BCUT2D eigenvalue weighted by Gasteiger charge is -2.31. The van der Waals surface area contributed by atoms with Gasteiger partial charge in [-0.25, -0.2) is 4.79 Å². The maximum atomic E-state index is 12.8. The number of allylic oxidation sites excluding steroid dienone is 6. The van der Waals surface area contributed by atoms with Crippen molar-refractivity contribution in [1.82, 2.24) is 0 Å². The standard InChI is InChI=1S/C53H97NO7/c1-6-8-10-12-14-16-18-20-22-23-24-25-26-27-28-30-31-33-35-37-39-41-43-51(55)60-48-49(47-59-46-45-50(53(57)58)54(3,4)5)61-52(56)44-42-40-38-36-34-32-29-21-19-17-15-13-11-9-7-2/h9,11,15,17,21,29,49-50H,6-8,10,12-14,16,18-20,22-28,30-48H2,1-5H3/p+1/b11-9-,17-15-,29-21-. The Labute approximate surface area is 376 Å². The molecule has 0 aliphatic rings. The molecule has 0 rings (SSSR count). The monoisotopic (exact) mass is 861 g/mol. The fourth-order valence-electron chi connectivity index (χ4n) is 7.64. The Morgan fingerprint density at radius 3 is 1.36 bits per heavy atom. The SMILES string of the molecule is CC/C=C\C/C=C\C/C=C\CCCCCCCC(=O)OC(COCCC(C(=O)O)[N+](C)(C)C)COC(=O)CCCCCCCCCCCCCCCCCCCCCCCC. The highest BCUT2D eigenvalue weighted by atomic mass is 16.6. The van der Waals surface area contributed by atoms with Crippen molar-refractivity contribution in [3.8, 4) is 0 Å². The van der Waals surface area contributed by atoms with Crippen LogP contribution < -0.4 is 0 Å². The lowest BCUT2D eigenvalue weighted by Crippen LogP contribution is -2.50. The Hall–Kier alpha value is -2.45. The van der Waals surface area contributed by atoms with E-state index in [4.69, 9.17) is 14.2 Å². The molecular formula is C53H98NO7+. The minimum atomic E-state index is -0.876. The largest absolute Gasteiger partial charge is 0.477 e. The molecular weight excluding hydrogens is 763 g/mol. The van der Waals surface area contributed by atoms with Crippen molar-refractivity contribution < 1.29 is 38.2 Å². The summed E-state index contributed by atoms with van der Waals surface area (Å²) in [5, 5.41) is 9.64. The third kappa shape index (κ3) is 42.6. The second-order valence-corrected chi connectivity index (χ2v) is 18.4. The molecule has 8 nitrogen and oxygen atoms in total. The van der Waals surface area contributed by atoms with Crippen LogP contribution in [0, 0.1) is 0 Å². The van der Waals surface area contributed by atoms with E-state index in [1.807, 2.05) is 21.1 Å². The van der Waals surface area contributed by atoms with Gasteiger partial charge in [-0.3, -0.25) is 9.59 Å². The van der Waals surface area contributed by atoms with Crippen LogP contribution in [0.25, 0.3) is 0 Å². The number of carboxylic acids is 1. The van der Waals surface area contributed by atoms with Gasteiger partial charge in [0.05, 0.1) is 34.4 Å². The van der Waals surface area contributed by atoms with E-state index >= 15 is 0 Å². The minimum absolute atomic E-state index is 0.0548. The number of esters is 2. The first-order valence-corrected chi connectivity index (χ1v) is 25.5. The summed E-state index contributed by atoms with van der Waals surface area (Å²) < 4.78 is 17.3. The van der Waals surface area contributed by atoms with Gasteiger partial charge < -0.3 is 23.8 Å². The fraction of sp³-hybridized carbons (Fsp3) is 0.830. The van der Waals surface area contributed by atoms with Crippen LogP contribution in [0.2, 0.25) is 0 Å². The van der Waals surface area contributed by atoms with Crippen LogP contribution in [-0.4, -0.2) is 80.6 Å². The van der Waals surface area contributed by atoms with Gasteiger partial charge in [-0.05, 0) is 44.9 Å². The number of nitrogens with zero attached hydrogens (tertiary/aromatic N) is 1. The summed E-state index contributed by atoms with van der Waals surface area (Å²) in [7, 11) is 5.53. The molecule has 0 aromatic heterocycles. The summed E-state index contributed by atoms with van der Waals surface area (Å²) in [6.07, 6.45) is 52.0. The summed E-state index contributed by atoms with van der Waals surface area (Å²) in [6, 6.07) is -0.617. The zero-order valence-electron chi connectivity index (χ0n) is 40.6. The number of ether oxygens (including phenoxy) is 3. The van der Waals surface area contributed by atoms with Gasteiger partial charge in [-0.1, -0.05) is 204 Å². The predicted molar refractivity (Wildman–Crippen MR) is 257 cm³/mol. The van der Waals surface area contributed by atoms with Crippen molar-refractivity contribution in [3.63, 3.8) is 0 Å². The average molecular weight is 861 g/mol. The zero-order valence-corrected chi connectivity index (χ0v) is 40.6. The normalized spacial score (nSPS) is 13.1. The molecule has 0 aliphatic carbocycles. The molecule has 1 N–H and O–H groups in total. The number of likely N-dealkylation sites (N-methyl/N-ethyl adjacent to an activating group) is 1. The van der Waals surface area contributed by atoms with Gasteiger partial charge in [-0.15, -0.1) is 0 Å². The molecule has 8 heteroatoms. The molecule has 0 saturated carbocycles. The summed E-state index contributed by atoms with van der Waals surface area (Å²) >= 11 is 0. The first-order chi connectivity index (χ1) is 29.6. The number of aliphatic carboxylic acids is 1. The topological polar surface area (TPSA) is 99.1 Å². The second kappa shape index (κ2) is 44.2. The first kappa shape index (κ1) is 58.6. The first-order valence-electron chi connectivity index (χ1n) is 25.5. The molecule has 2 atom stereocenters. The molecule has 0 aromatic carbocycles. The number of rotatable bonds is 46. The number of quaternary nitrogens is 1. The fourth-order valence-corrected chi connectivity index (χ4v) is 7.64. The van der Waals surface area contributed by atoms with Crippen LogP contribution in [0.5, 0.6) is 0 Å². The molecule has 0 saturated heterocycles. The van der Waals surface area contributed by atoms with Crippen molar-refractivity contribution >= 4 is 17.9 Å². The van der Waals surface area contributed by atoms with Crippen molar-refractivity contribution in [2.45, 2.75) is 244 Å². The third-order valence-corrected chi connectivity index (χ3v) is 11.6. The van der Waals surface area contributed by atoms with E-state index in [-0.39, 0.29) is 36.2 Å². The van der Waals surface area contributed by atoms with Crippen molar-refractivity contribution in [3.05, 3.63) is 36.5 Å². The number of hydrogen-bond donors (Lipinski definition) is 1. The van der Waals surface area contributed by atoms with E-state index in [1.165, 1.54) is 122 Å². The lowest BCUT2D eigenvalue weighted by atomic mass is 10.0. The molecule has 356 valence electrons. The van der Waals surface area contributed by atoms with Crippen LogP contribution in [0.4, 0.5) is 0 Å². The van der Waals surface area contributed by atoms with Gasteiger partial charge in [0, 0.05) is 19.3 Å². The predicted octanol–water partition coefficient (Wildman–Crippen LogP) is 14.6. The Balaban J connectivity index is 4.19. The zero-order chi connectivity index (χ0) is 44.9. The number of unbranched alkanes of at least 4 members (excludes halogenated alkanes) is 26. The maximum Gasteiger partial charge on any atom is 0.362 e. The Bertz CT molecular complexity index is 1090. The van der Waals surface area contributed by atoms with Gasteiger partial charge in [0.1, 0.15) is 6.61 Å². The van der Waals surface area contributed by atoms with Gasteiger partial charge in [0.25, 0.3) is 0 Å². The van der Waals surface area contributed by atoms with E-state index in [0.717, 1.165) is 77.0 Å². The van der Waals surface area contributed by atoms with Crippen LogP contribution >= 0.6 is 0 Å². The molecule has 0 amide bonds. The van der Waals surface area contributed by atoms with Crippen LogP contribution in [0.1, 0.15) is 232 Å². The summed E-state index contributed by atoms with van der Waals surface area (Å²) in [6.45, 7) is 4.64. The molecule has 0 aromatic rings. The number of carbonyl (C=O) groups is 3. The number of hydrogen-bond acceptors (Lipinski definition) is 6. The number of carbonyl (C=O) groups excluding carboxylic acids is 2. The Kier molecular flexibility index (Phi) is 42.4. The molecule has 0 radical (unpaired) electrons. The van der Waals surface area contributed by atoms with Crippen LogP contribution in [0.3, 0.4) is 0 Å². The third-order valence-electron chi connectivity index (χ3n) is 11.6. The minimum Gasteiger partial charge on any atom is -0.477 e. The van der Waals surface area contributed by atoms with E-state index < -0.39 is 18.1 Å². The molecule has 0 heterocycles. The van der Waals surface area contributed by atoms with Crippen LogP contribution in [0.15, 0.2) is 36.5 Å². The molecule has 0 spiro atoms. The smallest absolute Gasteiger partial charge is 0.362 e. The second-order valence-electron chi connectivity index (χ2n) is 18.4. The highest BCUT2D eigenvalue weighted by molar-refractivity contribution is 5.72. The summed E-state index contributed by atoms with van der Waals surface area (Å²) in [5.41, 5.74) is 0. The van der Waals surface area contributed by atoms with Gasteiger partial charge in [0.2, 0.25) is 0 Å². The van der Waals surface area contributed by atoms with Crippen molar-refractivity contribution in [1.29, 1.82) is 0 Å². The molecule has 0 fully saturated rings. The Morgan fingerprint density at radius 1 is 0.508 bits per heavy atom. The highest BCUT2D eigenvalue weighted by Crippen LogP contribution is 2.16. The molecule has 2 unspecified atom stereocenters. The quantitative estimate of drug-likeness (QED) is 0.0282. The lowest BCUT2D eigenvalue weighted by molar-refractivity contribution is -0.887. The molecule has 0 aliphatic heterocycles. The maximum absolute atomic E-state index is 12.8. The summed E-state index contributed by atoms with van der Waals surface area (Å²) in [4.78, 5) is 37.1. The van der Waals surface area contributed by atoms with Gasteiger partial charge in [0.15, 0.2) is 12.1 Å². The molecule has 0 bridgehead atoms. The van der Waals surface area contributed by atoms with Gasteiger partial charge in [-0.2, -0.15) is 0 Å². The molecule has 61 heavy (non-hydrogen) atoms.